The Labute approximate surface area is 171 Å². The molecule has 29 heavy (non-hydrogen) atoms. The monoisotopic (exact) mass is 402 g/mol. The lowest BCUT2D eigenvalue weighted by Crippen LogP contribution is -2.23. The number of benzene rings is 2. The molecule has 144 valence electrons. The van der Waals surface area contributed by atoms with E-state index in [-0.39, 0.29) is 17.2 Å². The predicted octanol–water partition coefficient (Wildman–Crippen LogP) is 3.82. The fourth-order valence-corrected chi connectivity index (χ4v) is 3.70. The normalized spacial score (nSPS) is 10.8. The van der Waals surface area contributed by atoms with E-state index in [0.29, 0.717) is 21.7 Å². The van der Waals surface area contributed by atoms with Crippen LogP contribution in [0.4, 0.5) is 5.69 Å². The van der Waals surface area contributed by atoms with E-state index in [1.165, 1.54) is 16.3 Å². The number of para-hydroxylation sites is 1. The molecule has 0 unspecified atom stereocenters. The molecule has 0 aliphatic carbocycles. The third-order valence-corrected chi connectivity index (χ3v) is 5.26. The van der Waals surface area contributed by atoms with Crippen LogP contribution in [0.2, 0.25) is 0 Å². The maximum Gasteiger partial charge on any atom is 0.266 e. The lowest BCUT2D eigenvalue weighted by atomic mass is 10.2. The van der Waals surface area contributed by atoms with Crippen molar-refractivity contribution in [2.45, 2.75) is 12.1 Å². The number of nitrogens with one attached hydrogen (secondary N) is 1. The number of carbonyl (C=O) groups excluding carboxylic acids is 1. The Morgan fingerprint density at radius 3 is 2.62 bits per heavy atom. The fourth-order valence-electron chi connectivity index (χ4n) is 2.89. The molecule has 2 aromatic heterocycles. The number of aryl methyl sites for hydroxylation is 1. The second-order valence-corrected chi connectivity index (χ2v) is 7.41. The van der Waals surface area contributed by atoms with Gasteiger partial charge in [-0.1, -0.05) is 41.6 Å². The van der Waals surface area contributed by atoms with Crippen molar-refractivity contribution in [3.8, 4) is 5.69 Å². The van der Waals surface area contributed by atoms with E-state index in [4.69, 9.17) is 0 Å². The van der Waals surface area contributed by atoms with Gasteiger partial charge in [0.25, 0.3) is 5.56 Å². The number of nitrogens with zero attached hydrogens (tertiary/aromatic N) is 3. The molecule has 0 fully saturated rings. The summed E-state index contributed by atoms with van der Waals surface area (Å²) >= 11 is 1.21. The van der Waals surface area contributed by atoms with Gasteiger partial charge >= 0.3 is 0 Å². The summed E-state index contributed by atoms with van der Waals surface area (Å²) in [7, 11) is 0. The van der Waals surface area contributed by atoms with Crippen LogP contribution in [0.25, 0.3) is 16.6 Å². The van der Waals surface area contributed by atoms with Gasteiger partial charge in [0.05, 0.1) is 28.5 Å². The van der Waals surface area contributed by atoms with E-state index in [2.05, 4.69) is 15.3 Å². The summed E-state index contributed by atoms with van der Waals surface area (Å²) in [6.07, 6.45) is 3.25. The van der Waals surface area contributed by atoms with Crippen molar-refractivity contribution in [1.82, 2.24) is 14.5 Å². The zero-order chi connectivity index (χ0) is 20.2. The van der Waals surface area contributed by atoms with E-state index in [1.807, 2.05) is 37.3 Å². The number of hydrogen-bond acceptors (Lipinski definition) is 5. The van der Waals surface area contributed by atoms with E-state index >= 15 is 0 Å². The van der Waals surface area contributed by atoms with Crippen LogP contribution in [-0.4, -0.2) is 26.2 Å². The number of hydrogen-bond donors (Lipinski definition) is 1. The Bertz CT molecular complexity index is 1220. The SMILES string of the molecule is Cc1ccc(NC(=O)CSc2nc3ccccc3c(=O)n2-c2cccnc2)cc1. The molecule has 7 heteroatoms. The van der Waals surface area contributed by atoms with Crippen molar-refractivity contribution in [3.05, 3.63) is 89.0 Å². The zero-order valence-corrected chi connectivity index (χ0v) is 16.5. The highest BCUT2D eigenvalue weighted by molar-refractivity contribution is 7.99. The molecule has 2 aromatic carbocycles. The van der Waals surface area contributed by atoms with Crippen molar-refractivity contribution in [3.63, 3.8) is 0 Å². The highest BCUT2D eigenvalue weighted by atomic mass is 32.2. The standard InChI is InChI=1S/C22H18N4O2S/c1-15-8-10-16(11-9-15)24-20(27)14-29-22-25-19-7-3-2-6-18(19)21(28)26(22)17-5-4-12-23-13-17/h2-13H,14H2,1H3,(H,24,27). The maximum atomic E-state index is 13.1. The van der Waals surface area contributed by atoms with Gasteiger partial charge in [-0.05, 0) is 43.3 Å². The first-order valence-electron chi connectivity index (χ1n) is 9.03. The molecule has 0 aliphatic rings. The summed E-state index contributed by atoms with van der Waals surface area (Å²) in [6, 6.07) is 18.3. The summed E-state index contributed by atoms with van der Waals surface area (Å²) in [5.74, 6) is -0.0437. The average Bonchev–Trinajstić information content (AvgIpc) is 2.75. The van der Waals surface area contributed by atoms with Crippen molar-refractivity contribution >= 4 is 34.3 Å². The molecule has 2 heterocycles. The quantitative estimate of drug-likeness (QED) is 0.406. The largest absolute Gasteiger partial charge is 0.325 e. The van der Waals surface area contributed by atoms with Gasteiger partial charge < -0.3 is 5.32 Å². The molecular formula is C22H18N4O2S. The minimum atomic E-state index is -0.190. The van der Waals surface area contributed by atoms with Crippen LogP contribution in [0.3, 0.4) is 0 Å². The predicted molar refractivity (Wildman–Crippen MR) is 116 cm³/mol. The molecule has 4 rings (SSSR count). The highest BCUT2D eigenvalue weighted by Gasteiger charge is 2.15. The Morgan fingerprint density at radius 2 is 1.86 bits per heavy atom. The Kier molecular flexibility index (Phi) is 5.39. The van der Waals surface area contributed by atoms with Crippen molar-refractivity contribution < 1.29 is 4.79 Å². The molecule has 0 bridgehead atoms. The average molecular weight is 402 g/mol. The van der Waals surface area contributed by atoms with Crippen LogP contribution in [0.1, 0.15) is 5.56 Å². The number of aromatic nitrogens is 3. The lowest BCUT2D eigenvalue weighted by molar-refractivity contribution is -0.113. The second kappa shape index (κ2) is 8.28. The summed E-state index contributed by atoms with van der Waals surface area (Å²) in [6.45, 7) is 1.99. The van der Waals surface area contributed by atoms with Gasteiger partial charge in [-0.15, -0.1) is 0 Å². The van der Waals surface area contributed by atoms with Crippen molar-refractivity contribution in [2.24, 2.45) is 0 Å². The molecule has 6 nitrogen and oxygen atoms in total. The van der Waals surface area contributed by atoms with Gasteiger partial charge in [-0.25, -0.2) is 4.98 Å². The Hall–Kier alpha value is -3.45. The number of thioether (sulfide) groups is 1. The van der Waals surface area contributed by atoms with Gasteiger partial charge in [0, 0.05) is 11.9 Å². The van der Waals surface area contributed by atoms with Crippen molar-refractivity contribution in [2.75, 3.05) is 11.1 Å². The number of rotatable bonds is 5. The highest BCUT2D eigenvalue weighted by Crippen LogP contribution is 2.21. The van der Waals surface area contributed by atoms with Crippen LogP contribution in [-0.2, 0) is 4.79 Å². The van der Waals surface area contributed by atoms with Crippen LogP contribution in [0.5, 0.6) is 0 Å². The maximum absolute atomic E-state index is 13.1. The van der Waals surface area contributed by atoms with Gasteiger partial charge in [-0.2, -0.15) is 0 Å². The van der Waals surface area contributed by atoms with Gasteiger partial charge in [0.1, 0.15) is 0 Å². The Balaban J connectivity index is 1.64. The van der Waals surface area contributed by atoms with Crippen LogP contribution in [0.15, 0.2) is 83.0 Å². The number of fused-ring (bicyclic) bond motifs is 1. The summed E-state index contributed by atoms with van der Waals surface area (Å²) in [5.41, 5.74) is 2.87. The first-order chi connectivity index (χ1) is 14.1. The topological polar surface area (TPSA) is 76.9 Å². The van der Waals surface area contributed by atoms with E-state index in [0.717, 1.165) is 11.3 Å². The smallest absolute Gasteiger partial charge is 0.266 e. The lowest BCUT2D eigenvalue weighted by Gasteiger charge is -2.13. The first-order valence-corrected chi connectivity index (χ1v) is 10.0. The number of carbonyl (C=O) groups is 1. The summed E-state index contributed by atoms with van der Waals surface area (Å²) in [5, 5.41) is 3.83. The first kappa shape index (κ1) is 18.9. The molecule has 0 aliphatic heterocycles. The third-order valence-electron chi connectivity index (χ3n) is 4.32. The van der Waals surface area contributed by atoms with Gasteiger partial charge in [0.2, 0.25) is 5.91 Å². The second-order valence-electron chi connectivity index (χ2n) is 6.47. The van der Waals surface area contributed by atoms with Crippen molar-refractivity contribution in [1.29, 1.82) is 0 Å². The summed E-state index contributed by atoms with van der Waals surface area (Å²) < 4.78 is 1.50. The number of pyridine rings is 1. The Morgan fingerprint density at radius 1 is 1.07 bits per heavy atom. The molecule has 0 radical (unpaired) electrons. The molecule has 0 saturated carbocycles. The third kappa shape index (κ3) is 4.20. The molecule has 0 saturated heterocycles. The molecule has 0 atom stereocenters. The fraction of sp³-hybridized carbons (Fsp3) is 0.0909. The molecule has 1 amide bonds. The van der Waals surface area contributed by atoms with Crippen LogP contribution < -0.4 is 10.9 Å². The van der Waals surface area contributed by atoms with Gasteiger partial charge in [0.15, 0.2) is 5.16 Å². The number of anilines is 1. The molecular weight excluding hydrogens is 384 g/mol. The zero-order valence-electron chi connectivity index (χ0n) is 15.7. The summed E-state index contributed by atoms with van der Waals surface area (Å²) in [4.78, 5) is 34.2. The molecule has 4 aromatic rings. The molecule has 1 N–H and O–H groups in total. The minimum absolute atomic E-state index is 0.124. The number of amides is 1. The van der Waals surface area contributed by atoms with E-state index in [1.54, 1.807) is 42.7 Å². The minimum Gasteiger partial charge on any atom is -0.325 e. The molecule has 0 spiro atoms. The van der Waals surface area contributed by atoms with E-state index < -0.39 is 0 Å². The van der Waals surface area contributed by atoms with Crippen LogP contribution in [0, 0.1) is 6.92 Å². The van der Waals surface area contributed by atoms with E-state index in [9.17, 15) is 9.59 Å². The van der Waals surface area contributed by atoms with Gasteiger partial charge in [-0.3, -0.25) is 19.1 Å². The van der Waals surface area contributed by atoms with Crippen LogP contribution >= 0.6 is 11.8 Å².